The minimum Gasteiger partial charge on any atom is -0.495 e. The topological polar surface area (TPSA) is 79.4 Å². The Morgan fingerprint density at radius 2 is 1.92 bits per heavy atom. The predicted octanol–water partition coefficient (Wildman–Crippen LogP) is 5.61. The summed E-state index contributed by atoms with van der Waals surface area (Å²) in [5, 5.41) is 6.55. The normalized spacial score (nSPS) is 13.2. The maximum Gasteiger partial charge on any atom is 0.247 e. The molecule has 0 atom stereocenters. The molecule has 0 saturated carbocycles. The van der Waals surface area contributed by atoms with E-state index in [0.717, 1.165) is 12.1 Å². The van der Waals surface area contributed by atoms with Crippen LogP contribution in [0.15, 0.2) is 67.5 Å². The second-order valence-electron chi connectivity index (χ2n) is 8.47. The summed E-state index contributed by atoms with van der Waals surface area (Å²) in [6.07, 6.45) is 1.58. The maximum atomic E-state index is 14.4. The van der Waals surface area contributed by atoms with Gasteiger partial charge in [0, 0.05) is 17.0 Å². The zero-order chi connectivity index (χ0) is 26.1. The Morgan fingerprint density at radius 1 is 1.11 bits per heavy atom. The van der Waals surface area contributed by atoms with Crippen LogP contribution < -0.4 is 20.3 Å². The van der Waals surface area contributed by atoms with E-state index in [1.807, 2.05) is 4.90 Å². The molecule has 0 spiro atoms. The number of aromatic nitrogens is 2. The summed E-state index contributed by atoms with van der Waals surface area (Å²) in [5.74, 6) is -0.920. The fraction of sp³-hybridized carbons (Fsp3) is 0.148. The number of benzene rings is 3. The van der Waals surface area contributed by atoms with Gasteiger partial charge >= 0.3 is 0 Å². The molecule has 0 aliphatic carbocycles. The Balaban J connectivity index is 1.58. The monoisotopic (exact) mass is 505 g/mol. The van der Waals surface area contributed by atoms with E-state index in [2.05, 4.69) is 27.2 Å². The van der Waals surface area contributed by atoms with Crippen molar-refractivity contribution < 1.29 is 22.7 Å². The molecule has 2 N–H and O–H groups in total. The van der Waals surface area contributed by atoms with Crippen molar-refractivity contribution >= 4 is 39.7 Å². The molecule has 1 fully saturated rings. The summed E-state index contributed by atoms with van der Waals surface area (Å²) in [7, 11) is 1.50. The zero-order valence-corrected chi connectivity index (χ0v) is 19.8. The molecule has 1 saturated heterocycles. The third kappa shape index (κ3) is 4.77. The molecule has 1 aliphatic rings. The molecule has 7 nitrogen and oxygen atoms in total. The first-order chi connectivity index (χ1) is 17.9. The molecule has 0 unspecified atom stereocenters. The van der Waals surface area contributed by atoms with E-state index < -0.39 is 23.7 Å². The van der Waals surface area contributed by atoms with Crippen LogP contribution in [0.4, 0.5) is 36.1 Å². The standard InChI is InChI=1S/C27H22F3N5O2/c1-3-26(36)33-22-10-19-21(11-24(22)35-12-17(29)13-35)31-14-32-27(19)34-23-8-15(4-7-25(23)37-2)18-6-5-16(28)9-20(18)30/h3-11,14,17H,1,12-13H2,2H3,(H,33,36)(H,31,32,34). The minimum absolute atomic E-state index is 0.211. The quantitative estimate of drug-likeness (QED) is 0.318. The number of fused-ring (bicyclic) bond motifs is 1. The van der Waals surface area contributed by atoms with E-state index in [4.69, 9.17) is 4.74 Å². The van der Waals surface area contributed by atoms with Crippen LogP contribution in [0, 0.1) is 11.6 Å². The third-order valence-electron chi connectivity index (χ3n) is 6.07. The lowest BCUT2D eigenvalue weighted by molar-refractivity contribution is -0.111. The highest BCUT2D eigenvalue weighted by atomic mass is 19.1. The Bertz CT molecular complexity index is 1520. The van der Waals surface area contributed by atoms with Crippen molar-refractivity contribution in [3.8, 4) is 16.9 Å². The highest BCUT2D eigenvalue weighted by Gasteiger charge is 2.29. The van der Waals surface area contributed by atoms with Crippen LogP contribution in [-0.4, -0.2) is 42.2 Å². The van der Waals surface area contributed by atoms with E-state index in [0.29, 0.717) is 45.1 Å². The van der Waals surface area contributed by atoms with Crippen LogP contribution in [0.1, 0.15) is 0 Å². The average Bonchev–Trinajstić information content (AvgIpc) is 2.87. The van der Waals surface area contributed by atoms with Gasteiger partial charge in [-0.2, -0.15) is 0 Å². The summed E-state index contributed by atoms with van der Waals surface area (Å²) < 4.78 is 46.9. The number of nitrogens with one attached hydrogen (secondary N) is 2. The molecule has 2 heterocycles. The summed E-state index contributed by atoms with van der Waals surface area (Å²) in [4.78, 5) is 22.6. The molecule has 1 amide bonds. The van der Waals surface area contributed by atoms with Crippen molar-refractivity contribution in [1.29, 1.82) is 0 Å². The molecule has 0 radical (unpaired) electrons. The van der Waals surface area contributed by atoms with Crippen molar-refractivity contribution in [2.24, 2.45) is 0 Å². The number of hydrogen-bond acceptors (Lipinski definition) is 6. The molecule has 0 bridgehead atoms. The smallest absolute Gasteiger partial charge is 0.247 e. The van der Waals surface area contributed by atoms with Crippen LogP contribution in [-0.2, 0) is 4.79 Å². The molecule has 37 heavy (non-hydrogen) atoms. The van der Waals surface area contributed by atoms with E-state index in [1.54, 1.807) is 30.3 Å². The fourth-order valence-electron chi connectivity index (χ4n) is 4.18. The SMILES string of the molecule is C=CC(=O)Nc1cc2c(Nc3cc(-c4ccc(F)cc4F)ccc3OC)ncnc2cc1N1CC(F)C1. The van der Waals surface area contributed by atoms with Crippen LogP contribution in [0.25, 0.3) is 22.0 Å². The molecule has 4 aromatic rings. The van der Waals surface area contributed by atoms with Gasteiger partial charge in [0.1, 0.15) is 35.7 Å². The number of amides is 1. The van der Waals surface area contributed by atoms with Gasteiger partial charge in [-0.15, -0.1) is 0 Å². The second-order valence-corrected chi connectivity index (χ2v) is 8.47. The number of nitrogens with zero attached hydrogens (tertiary/aromatic N) is 3. The second kappa shape index (κ2) is 9.81. The molecular formula is C27H22F3N5O2. The van der Waals surface area contributed by atoms with E-state index in [-0.39, 0.29) is 18.7 Å². The first-order valence-electron chi connectivity index (χ1n) is 11.4. The Kier molecular flexibility index (Phi) is 6.39. The van der Waals surface area contributed by atoms with Gasteiger partial charge in [0.15, 0.2) is 0 Å². The first-order valence-corrected chi connectivity index (χ1v) is 11.4. The molecule has 3 aromatic carbocycles. The van der Waals surface area contributed by atoms with Gasteiger partial charge in [-0.05, 0) is 48.0 Å². The number of carbonyl (C=O) groups excluding carboxylic acids is 1. The zero-order valence-electron chi connectivity index (χ0n) is 19.8. The number of alkyl halides is 1. The fourth-order valence-corrected chi connectivity index (χ4v) is 4.18. The van der Waals surface area contributed by atoms with Crippen molar-refractivity contribution in [3.63, 3.8) is 0 Å². The van der Waals surface area contributed by atoms with Gasteiger partial charge in [-0.25, -0.2) is 23.1 Å². The van der Waals surface area contributed by atoms with Gasteiger partial charge < -0.3 is 20.3 Å². The molecule has 10 heteroatoms. The average molecular weight is 506 g/mol. The lowest BCUT2D eigenvalue weighted by Crippen LogP contribution is -2.48. The van der Waals surface area contributed by atoms with Gasteiger partial charge in [-0.1, -0.05) is 12.6 Å². The number of hydrogen-bond donors (Lipinski definition) is 2. The third-order valence-corrected chi connectivity index (χ3v) is 6.07. The van der Waals surface area contributed by atoms with E-state index in [1.165, 1.54) is 25.6 Å². The number of carbonyl (C=O) groups is 1. The maximum absolute atomic E-state index is 14.4. The number of ether oxygens (including phenoxy) is 1. The first kappa shape index (κ1) is 24.1. The number of anilines is 4. The van der Waals surface area contributed by atoms with Crippen molar-refractivity contribution in [3.05, 3.63) is 79.1 Å². The van der Waals surface area contributed by atoms with Crippen molar-refractivity contribution in [2.75, 3.05) is 35.7 Å². The summed E-state index contributed by atoms with van der Waals surface area (Å²) in [6, 6.07) is 11.8. The number of rotatable bonds is 7. The molecule has 188 valence electrons. The molecule has 1 aromatic heterocycles. The van der Waals surface area contributed by atoms with Gasteiger partial charge in [0.2, 0.25) is 5.91 Å². The van der Waals surface area contributed by atoms with Crippen LogP contribution in [0.5, 0.6) is 5.75 Å². The van der Waals surface area contributed by atoms with Crippen LogP contribution in [0.2, 0.25) is 0 Å². The lowest BCUT2D eigenvalue weighted by Gasteiger charge is -2.37. The van der Waals surface area contributed by atoms with Gasteiger partial charge in [0.05, 0.1) is 42.8 Å². The summed E-state index contributed by atoms with van der Waals surface area (Å²) >= 11 is 0. The summed E-state index contributed by atoms with van der Waals surface area (Å²) in [5.41, 5.74) is 2.85. The van der Waals surface area contributed by atoms with Crippen LogP contribution in [0.3, 0.4) is 0 Å². The number of halogens is 3. The Hall–Kier alpha value is -4.60. The largest absolute Gasteiger partial charge is 0.495 e. The van der Waals surface area contributed by atoms with Gasteiger partial charge in [0.25, 0.3) is 0 Å². The Labute approximate surface area is 210 Å². The van der Waals surface area contributed by atoms with Gasteiger partial charge in [-0.3, -0.25) is 4.79 Å². The Morgan fingerprint density at radius 3 is 2.62 bits per heavy atom. The van der Waals surface area contributed by atoms with Crippen LogP contribution >= 0.6 is 0 Å². The minimum atomic E-state index is -0.938. The lowest BCUT2D eigenvalue weighted by atomic mass is 10.0. The predicted molar refractivity (Wildman–Crippen MR) is 137 cm³/mol. The van der Waals surface area contributed by atoms with E-state index in [9.17, 15) is 18.0 Å². The summed E-state index contributed by atoms with van der Waals surface area (Å²) in [6.45, 7) is 3.91. The van der Waals surface area contributed by atoms with E-state index >= 15 is 0 Å². The number of methoxy groups -OCH3 is 1. The molecule has 1 aliphatic heterocycles. The van der Waals surface area contributed by atoms with Crippen molar-refractivity contribution in [1.82, 2.24) is 9.97 Å². The molecular weight excluding hydrogens is 483 g/mol. The highest BCUT2D eigenvalue weighted by molar-refractivity contribution is 6.05. The molecule has 5 rings (SSSR count). The highest BCUT2D eigenvalue weighted by Crippen LogP contribution is 2.38. The van der Waals surface area contributed by atoms with Crippen molar-refractivity contribution in [2.45, 2.75) is 6.17 Å².